The lowest BCUT2D eigenvalue weighted by atomic mass is 10.2. The highest BCUT2D eigenvalue weighted by Gasteiger charge is 2.18. The molecule has 0 atom stereocenters. The van der Waals surface area contributed by atoms with Crippen molar-refractivity contribution in [2.24, 2.45) is 0 Å². The highest BCUT2D eigenvalue weighted by molar-refractivity contribution is 5.89. The van der Waals surface area contributed by atoms with Gasteiger partial charge in [0, 0.05) is 6.08 Å². The highest BCUT2D eigenvalue weighted by Crippen LogP contribution is 2.31. The van der Waals surface area contributed by atoms with Crippen LogP contribution in [0.4, 0.5) is 5.69 Å². The first-order valence-electron chi connectivity index (χ1n) is 8.51. The van der Waals surface area contributed by atoms with E-state index in [0.717, 1.165) is 6.42 Å². The standard InChI is InChI=1S/C20H21NO7/c1-4-11-27-18-8-5-14(12-19(18)26-3)6-10-20(22)28-17-9-7-15(25-2)13-16(17)21(23)24/h5-10,12-13H,4,11H2,1-3H3/b10-6+. The van der Waals surface area contributed by atoms with E-state index >= 15 is 0 Å². The smallest absolute Gasteiger partial charge is 0.336 e. The summed E-state index contributed by atoms with van der Waals surface area (Å²) in [5, 5.41) is 11.1. The zero-order chi connectivity index (χ0) is 20.5. The quantitative estimate of drug-likeness (QED) is 0.211. The van der Waals surface area contributed by atoms with Crippen molar-refractivity contribution in [2.75, 3.05) is 20.8 Å². The number of rotatable bonds is 9. The van der Waals surface area contributed by atoms with Crippen LogP contribution in [-0.2, 0) is 4.79 Å². The normalized spacial score (nSPS) is 10.5. The minimum Gasteiger partial charge on any atom is -0.496 e. The number of nitro groups is 1. The van der Waals surface area contributed by atoms with Gasteiger partial charge in [0.1, 0.15) is 5.75 Å². The molecule has 0 N–H and O–H groups in total. The first-order valence-corrected chi connectivity index (χ1v) is 8.51. The number of benzene rings is 2. The molecule has 2 rings (SSSR count). The number of nitro benzene ring substituents is 1. The van der Waals surface area contributed by atoms with Gasteiger partial charge in [0.15, 0.2) is 11.5 Å². The fourth-order valence-corrected chi connectivity index (χ4v) is 2.28. The maximum absolute atomic E-state index is 12.1. The average Bonchev–Trinajstić information content (AvgIpc) is 2.71. The molecule has 148 valence electrons. The lowest BCUT2D eigenvalue weighted by Gasteiger charge is -2.10. The summed E-state index contributed by atoms with van der Waals surface area (Å²) in [6, 6.07) is 9.18. The van der Waals surface area contributed by atoms with Crippen molar-refractivity contribution in [3.63, 3.8) is 0 Å². The fourth-order valence-electron chi connectivity index (χ4n) is 2.28. The number of esters is 1. The fraction of sp³-hybridized carbons (Fsp3) is 0.250. The third-order valence-electron chi connectivity index (χ3n) is 3.63. The highest BCUT2D eigenvalue weighted by atomic mass is 16.6. The van der Waals surface area contributed by atoms with Crippen molar-refractivity contribution in [3.8, 4) is 23.0 Å². The summed E-state index contributed by atoms with van der Waals surface area (Å²) in [7, 11) is 2.92. The van der Waals surface area contributed by atoms with Crippen molar-refractivity contribution >= 4 is 17.7 Å². The molecule has 0 fully saturated rings. The molecule has 0 heterocycles. The summed E-state index contributed by atoms with van der Waals surface area (Å²) in [5.74, 6) is 0.520. The van der Waals surface area contributed by atoms with Gasteiger partial charge in [-0.2, -0.15) is 0 Å². The Labute approximate surface area is 162 Å². The summed E-state index contributed by atoms with van der Waals surface area (Å²) >= 11 is 0. The summed E-state index contributed by atoms with van der Waals surface area (Å²) in [6.45, 7) is 2.57. The van der Waals surface area contributed by atoms with Crippen molar-refractivity contribution in [2.45, 2.75) is 13.3 Å². The zero-order valence-electron chi connectivity index (χ0n) is 15.8. The molecule has 0 saturated heterocycles. The minimum atomic E-state index is -0.751. The van der Waals surface area contributed by atoms with Crippen molar-refractivity contribution in [3.05, 3.63) is 58.2 Å². The molecule has 0 amide bonds. The van der Waals surface area contributed by atoms with Crippen LogP contribution in [0.25, 0.3) is 6.08 Å². The number of carbonyl (C=O) groups is 1. The molecule has 2 aromatic carbocycles. The SMILES string of the molecule is CCCOc1ccc(/C=C/C(=O)Oc2ccc(OC)cc2[N+](=O)[O-])cc1OC. The van der Waals surface area contributed by atoms with E-state index in [1.807, 2.05) is 6.92 Å². The minimum absolute atomic E-state index is 0.165. The number of nitrogens with zero attached hydrogens (tertiary/aromatic N) is 1. The molecule has 0 unspecified atom stereocenters. The largest absolute Gasteiger partial charge is 0.496 e. The van der Waals surface area contributed by atoms with Crippen LogP contribution in [0.15, 0.2) is 42.5 Å². The third-order valence-corrected chi connectivity index (χ3v) is 3.63. The van der Waals surface area contributed by atoms with Gasteiger partial charge in [0.25, 0.3) is 0 Å². The molecule has 0 radical (unpaired) electrons. The van der Waals surface area contributed by atoms with Crippen molar-refractivity contribution < 1.29 is 28.7 Å². The number of ether oxygens (including phenoxy) is 4. The Morgan fingerprint density at radius 3 is 2.46 bits per heavy atom. The van der Waals surface area contributed by atoms with Crippen molar-refractivity contribution in [1.82, 2.24) is 0 Å². The first kappa shape index (κ1) is 20.8. The molecule has 0 saturated carbocycles. The molecule has 2 aromatic rings. The van der Waals surface area contributed by atoms with E-state index < -0.39 is 10.9 Å². The van der Waals surface area contributed by atoms with Gasteiger partial charge in [0.05, 0.1) is 31.8 Å². The van der Waals surface area contributed by atoms with E-state index in [-0.39, 0.29) is 11.4 Å². The Kier molecular flexibility index (Phi) is 7.38. The van der Waals surface area contributed by atoms with Gasteiger partial charge in [-0.3, -0.25) is 10.1 Å². The topological polar surface area (TPSA) is 97.1 Å². The molecule has 0 aliphatic heterocycles. The summed E-state index contributed by atoms with van der Waals surface area (Å²) in [5.41, 5.74) is 0.321. The van der Waals surface area contributed by atoms with Gasteiger partial charge < -0.3 is 18.9 Å². The second-order valence-electron chi connectivity index (χ2n) is 5.60. The predicted octanol–water partition coefficient (Wildman–Crippen LogP) is 4.02. The molecule has 0 aliphatic rings. The summed E-state index contributed by atoms with van der Waals surface area (Å²) < 4.78 is 20.9. The monoisotopic (exact) mass is 387 g/mol. The van der Waals surface area contributed by atoms with E-state index in [0.29, 0.717) is 29.4 Å². The van der Waals surface area contributed by atoms with Crippen LogP contribution in [0.2, 0.25) is 0 Å². The second-order valence-corrected chi connectivity index (χ2v) is 5.60. The number of hydrogen-bond acceptors (Lipinski definition) is 7. The number of methoxy groups -OCH3 is 2. The van der Waals surface area contributed by atoms with Gasteiger partial charge in [0.2, 0.25) is 5.75 Å². The lowest BCUT2D eigenvalue weighted by molar-refractivity contribution is -0.385. The Balaban J connectivity index is 2.13. The molecule has 8 nitrogen and oxygen atoms in total. The van der Waals surface area contributed by atoms with E-state index in [1.165, 1.54) is 44.6 Å². The zero-order valence-corrected chi connectivity index (χ0v) is 15.8. The van der Waals surface area contributed by atoms with Crippen LogP contribution < -0.4 is 18.9 Å². The molecule has 28 heavy (non-hydrogen) atoms. The third kappa shape index (κ3) is 5.47. The van der Waals surface area contributed by atoms with E-state index in [2.05, 4.69) is 0 Å². The maximum Gasteiger partial charge on any atom is 0.336 e. The molecule has 0 aliphatic carbocycles. The van der Waals surface area contributed by atoms with Gasteiger partial charge in [-0.25, -0.2) is 4.79 Å². The van der Waals surface area contributed by atoms with Crippen LogP contribution in [0.5, 0.6) is 23.0 Å². The van der Waals surface area contributed by atoms with Gasteiger partial charge in [-0.15, -0.1) is 0 Å². The van der Waals surface area contributed by atoms with Gasteiger partial charge in [-0.1, -0.05) is 13.0 Å². The molecular formula is C20H21NO7. The van der Waals surface area contributed by atoms with Crippen LogP contribution in [-0.4, -0.2) is 31.7 Å². The van der Waals surface area contributed by atoms with Gasteiger partial charge in [-0.05, 0) is 42.3 Å². The average molecular weight is 387 g/mol. The van der Waals surface area contributed by atoms with Crippen LogP contribution in [0.1, 0.15) is 18.9 Å². The maximum atomic E-state index is 12.1. The van der Waals surface area contributed by atoms with Crippen LogP contribution >= 0.6 is 0 Å². The molecule has 0 bridgehead atoms. The van der Waals surface area contributed by atoms with Crippen LogP contribution in [0, 0.1) is 10.1 Å². The Morgan fingerprint density at radius 2 is 1.82 bits per heavy atom. The number of carbonyl (C=O) groups excluding carboxylic acids is 1. The molecule has 0 aromatic heterocycles. The van der Waals surface area contributed by atoms with E-state index in [1.54, 1.807) is 18.2 Å². The Morgan fingerprint density at radius 1 is 1.07 bits per heavy atom. The van der Waals surface area contributed by atoms with Gasteiger partial charge >= 0.3 is 11.7 Å². The predicted molar refractivity (Wildman–Crippen MR) is 103 cm³/mol. The first-order chi connectivity index (χ1) is 13.5. The summed E-state index contributed by atoms with van der Waals surface area (Å²) in [4.78, 5) is 22.6. The second kappa shape index (κ2) is 9.96. The Hall–Kier alpha value is -3.55. The molecule has 8 heteroatoms. The Bertz CT molecular complexity index is 877. The summed E-state index contributed by atoms with van der Waals surface area (Å²) in [6.07, 6.45) is 3.56. The number of hydrogen-bond donors (Lipinski definition) is 0. The molecular weight excluding hydrogens is 366 g/mol. The molecule has 0 spiro atoms. The lowest BCUT2D eigenvalue weighted by Crippen LogP contribution is -2.06. The van der Waals surface area contributed by atoms with Crippen molar-refractivity contribution in [1.29, 1.82) is 0 Å². The van der Waals surface area contributed by atoms with E-state index in [4.69, 9.17) is 18.9 Å². The van der Waals surface area contributed by atoms with Crippen LogP contribution in [0.3, 0.4) is 0 Å². The van der Waals surface area contributed by atoms with E-state index in [9.17, 15) is 14.9 Å².